The highest BCUT2D eigenvalue weighted by molar-refractivity contribution is 6.32. The molecule has 1 heterocycles. The number of alkyl halides is 1. The van der Waals surface area contributed by atoms with E-state index in [2.05, 4.69) is 0 Å². The van der Waals surface area contributed by atoms with Crippen LogP contribution in [0.25, 0.3) is 0 Å². The van der Waals surface area contributed by atoms with Crippen LogP contribution in [0.15, 0.2) is 47.3 Å². The van der Waals surface area contributed by atoms with Crippen LogP contribution in [0.3, 0.4) is 0 Å². The number of carbonyl (C=O) groups is 1. The zero-order valence-electron chi connectivity index (χ0n) is 11.4. The lowest BCUT2D eigenvalue weighted by atomic mass is 10.1. The number of hydrogen-bond donors (Lipinski definition) is 0. The second-order valence-electron chi connectivity index (χ2n) is 4.45. The van der Waals surface area contributed by atoms with E-state index in [1.54, 1.807) is 36.2 Å². The second kappa shape index (κ2) is 7.21. The number of esters is 1. The van der Waals surface area contributed by atoms with Gasteiger partial charge >= 0.3 is 5.97 Å². The van der Waals surface area contributed by atoms with Crippen molar-refractivity contribution in [3.8, 4) is 0 Å². The number of carbonyl (C=O) groups excluding carboxylic acids is 1. The van der Waals surface area contributed by atoms with E-state index in [0.29, 0.717) is 28.9 Å². The molecule has 0 bridgehead atoms. The molecule has 0 spiro atoms. The maximum absolute atomic E-state index is 11.9. The lowest BCUT2D eigenvalue weighted by Crippen LogP contribution is -2.25. The van der Waals surface area contributed by atoms with Crippen LogP contribution >= 0.6 is 34.8 Å². The predicted octanol–water partition coefficient (Wildman–Crippen LogP) is 4.29. The van der Waals surface area contributed by atoms with Gasteiger partial charge in [0.2, 0.25) is 0 Å². The molecule has 1 unspecified atom stereocenters. The summed E-state index contributed by atoms with van der Waals surface area (Å²) in [5, 5.41) is 0.554. The Balaban J connectivity index is 2.18. The van der Waals surface area contributed by atoms with E-state index in [1.807, 2.05) is 12.1 Å². The summed E-state index contributed by atoms with van der Waals surface area (Å²) in [6.07, 6.45) is 3.25. The van der Waals surface area contributed by atoms with Crippen LogP contribution < -0.4 is 0 Å². The van der Waals surface area contributed by atoms with E-state index >= 15 is 0 Å². The molecule has 21 heavy (non-hydrogen) atoms. The Morgan fingerprint density at radius 2 is 1.95 bits per heavy atom. The van der Waals surface area contributed by atoms with Crippen LogP contribution in [0.4, 0.5) is 0 Å². The van der Waals surface area contributed by atoms with Gasteiger partial charge in [0, 0.05) is 17.8 Å². The van der Waals surface area contributed by atoms with Crippen LogP contribution in [-0.4, -0.2) is 22.9 Å². The minimum Gasteiger partial charge on any atom is -0.463 e. The highest BCUT2D eigenvalue weighted by Crippen LogP contribution is 2.27. The van der Waals surface area contributed by atoms with Crippen LogP contribution in [0.2, 0.25) is 5.02 Å². The van der Waals surface area contributed by atoms with Crippen molar-refractivity contribution >= 4 is 40.8 Å². The summed E-state index contributed by atoms with van der Waals surface area (Å²) in [4.78, 5) is 13.6. The summed E-state index contributed by atoms with van der Waals surface area (Å²) >= 11 is 18.2. The average Bonchev–Trinajstić information content (AvgIpc) is 2.44. The Bertz CT molecular complexity index is 581. The van der Waals surface area contributed by atoms with E-state index in [0.717, 1.165) is 5.56 Å². The molecule has 0 fully saturated rings. The van der Waals surface area contributed by atoms with Gasteiger partial charge in [0.05, 0.1) is 17.6 Å². The van der Waals surface area contributed by atoms with Crippen molar-refractivity contribution in [3.63, 3.8) is 0 Å². The summed E-state index contributed by atoms with van der Waals surface area (Å²) < 4.78 is 4.99. The molecule has 2 rings (SSSR count). The Labute approximate surface area is 138 Å². The summed E-state index contributed by atoms with van der Waals surface area (Å²) in [5.41, 5.74) is 1.38. The predicted molar refractivity (Wildman–Crippen MR) is 85.3 cm³/mol. The molecule has 1 aromatic carbocycles. The first-order valence-corrected chi connectivity index (χ1v) is 7.61. The van der Waals surface area contributed by atoms with E-state index in [-0.39, 0.29) is 0 Å². The number of hydrogen-bond acceptors (Lipinski definition) is 3. The van der Waals surface area contributed by atoms with E-state index in [9.17, 15) is 4.79 Å². The van der Waals surface area contributed by atoms with Gasteiger partial charge in [0.25, 0.3) is 0 Å². The molecule has 0 amide bonds. The third-order valence-electron chi connectivity index (χ3n) is 2.93. The fourth-order valence-corrected chi connectivity index (χ4v) is 2.58. The van der Waals surface area contributed by atoms with Gasteiger partial charge in [-0.15, -0.1) is 11.6 Å². The van der Waals surface area contributed by atoms with Gasteiger partial charge in [-0.1, -0.05) is 35.3 Å². The minimum atomic E-state index is -0.585. The standard InChI is InChI=1S/C15H14Cl3NO2/c1-2-21-15(20)12-9-19(14(18)7-13(12)17)8-10-3-5-11(16)6-4-10/h3-7,9,13H,2,8H2,1H3. The molecule has 0 saturated heterocycles. The smallest absolute Gasteiger partial charge is 0.337 e. The highest BCUT2D eigenvalue weighted by Gasteiger charge is 2.25. The first kappa shape index (κ1) is 16.2. The molecular formula is C15H14Cl3NO2. The van der Waals surface area contributed by atoms with Crippen molar-refractivity contribution in [1.29, 1.82) is 0 Å². The topological polar surface area (TPSA) is 29.5 Å². The fraction of sp³-hybridized carbons (Fsp3) is 0.267. The number of allylic oxidation sites excluding steroid dienone is 1. The van der Waals surface area contributed by atoms with Crippen molar-refractivity contribution in [3.05, 3.63) is 57.9 Å². The first-order chi connectivity index (χ1) is 10.0. The maximum Gasteiger partial charge on any atom is 0.337 e. The second-order valence-corrected chi connectivity index (χ2v) is 5.74. The number of nitrogens with zero attached hydrogens (tertiary/aromatic N) is 1. The Morgan fingerprint density at radius 1 is 1.29 bits per heavy atom. The fourth-order valence-electron chi connectivity index (χ4n) is 1.89. The van der Waals surface area contributed by atoms with Crippen molar-refractivity contribution in [2.45, 2.75) is 18.8 Å². The van der Waals surface area contributed by atoms with Crippen molar-refractivity contribution in [2.24, 2.45) is 0 Å². The van der Waals surface area contributed by atoms with Crippen molar-refractivity contribution < 1.29 is 9.53 Å². The molecule has 1 aliphatic rings. The molecule has 112 valence electrons. The van der Waals surface area contributed by atoms with Crippen molar-refractivity contribution in [1.82, 2.24) is 4.90 Å². The first-order valence-electron chi connectivity index (χ1n) is 6.42. The van der Waals surface area contributed by atoms with Gasteiger partial charge in [-0.3, -0.25) is 0 Å². The Hall–Kier alpha value is -1.16. The van der Waals surface area contributed by atoms with Crippen LogP contribution in [0.5, 0.6) is 0 Å². The molecule has 1 aliphatic heterocycles. The van der Waals surface area contributed by atoms with Gasteiger partial charge < -0.3 is 9.64 Å². The summed E-state index contributed by atoms with van der Waals surface area (Å²) in [5.74, 6) is -0.431. The van der Waals surface area contributed by atoms with Gasteiger partial charge in [0.15, 0.2) is 0 Å². The summed E-state index contributed by atoms with van der Waals surface area (Å²) in [6, 6.07) is 7.41. The van der Waals surface area contributed by atoms with Crippen LogP contribution in [0.1, 0.15) is 12.5 Å². The highest BCUT2D eigenvalue weighted by atomic mass is 35.5. The van der Waals surface area contributed by atoms with Crippen LogP contribution in [-0.2, 0) is 16.1 Å². The zero-order chi connectivity index (χ0) is 15.4. The molecule has 0 aromatic heterocycles. The monoisotopic (exact) mass is 345 g/mol. The molecule has 3 nitrogen and oxygen atoms in total. The van der Waals surface area contributed by atoms with E-state index in [1.165, 1.54) is 0 Å². The molecule has 0 saturated carbocycles. The van der Waals surface area contributed by atoms with Crippen molar-refractivity contribution in [2.75, 3.05) is 6.61 Å². The van der Waals surface area contributed by atoms with Crippen LogP contribution in [0, 0.1) is 0 Å². The number of ether oxygens (including phenoxy) is 1. The lowest BCUT2D eigenvalue weighted by Gasteiger charge is -2.26. The normalized spacial score (nSPS) is 18.1. The van der Waals surface area contributed by atoms with E-state index in [4.69, 9.17) is 39.5 Å². The SMILES string of the molecule is CCOC(=O)C1=CN(Cc2ccc(Cl)cc2)C(Cl)=CC1Cl. The number of benzene rings is 1. The lowest BCUT2D eigenvalue weighted by molar-refractivity contribution is -0.138. The number of halogens is 3. The maximum atomic E-state index is 11.9. The largest absolute Gasteiger partial charge is 0.463 e. The Kier molecular flexibility index (Phi) is 5.57. The molecule has 6 heteroatoms. The zero-order valence-corrected chi connectivity index (χ0v) is 13.6. The third kappa shape index (κ3) is 4.16. The summed E-state index contributed by atoms with van der Waals surface area (Å²) in [6.45, 7) is 2.56. The summed E-state index contributed by atoms with van der Waals surface area (Å²) in [7, 11) is 0. The van der Waals surface area contributed by atoms with Gasteiger partial charge in [-0.2, -0.15) is 0 Å². The molecule has 1 aromatic rings. The van der Waals surface area contributed by atoms with Gasteiger partial charge in [0.1, 0.15) is 5.16 Å². The van der Waals surface area contributed by atoms with Gasteiger partial charge in [-0.25, -0.2) is 4.79 Å². The molecule has 0 N–H and O–H groups in total. The number of rotatable bonds is 4. The van der Waals surface area contributed by atoms with Gasteiger partial charge in [-0.05, 0) is 30.7 Å². The third-order valence-corrected chi connectivity index (χ3v) is 3.88. The minimum absolute atomic E-state index is 0.300. The molecular weight excluding hydrogens is 333 g/mol. The molecule has 0 radical (unpaired) electrons. The molecule has 0 aliphatic carbocycles. The quantitative estimate of drug-likeness (QED) is 0.463. The van der Waals surface area contributed by atoms with E-state index < -0.39 is 11.3 Å². The molecule has 1 atom stereocenters. The average molecular weight is 347 g/mol. The Morgan fingerprint density at radius 3 is 2.57 bits per heavy atom.